The fourth-order valence-corrected chi connectivity index (χ4v) is 3.52. The van der Waals surface area contributed by atoms with E-state index in [1.807, 2.05) is 12.1 Å². The Morgan fingerprint density at radius 3 is 2.45 bits per heavy atom. The molecule has 0 saturated heterocycles. The van der Waals surface area contributed by atoms with E-state index >= 15 is 0 Å². The molecule has 20 heavy (non-hydrogen) atoms. The average molecular weight is 275 g/mol. The second-order valence-electron chi connectivity index (χ2n) is 6.18. The van der Waals surface area contributed by atoms with Crippen molar-refractivity contribution in [3.05, 3.63) is 18.2 Å². The summed E-state index contributed by atoms with van der Waals surface area (Å²) in [6.45, 7) is 0. The van der Waals surface area contributed by atoms with Crippen molar-refractivity contribution in [1.82, 2.24) is 0 Å². The van der Waals surface area contributed by atoms with Crippen LogP contribution in [0.15, 0.2) is 18.2 Å². The fraction of sp³-hybridized carbons (Fsp3) is 0.647. The molecule has 110 valence electrons. The highest BCUT2D eigenvalue weighted by Crippen LogP contribution is 2.44. The molecule has 0 aromatic heterocycles. The Balaban J connectivity index is 1.64. The van der Waals surface area contributed by atoms with Crippen molar-refractivity contribution < 1.29 is 9.47 Å². The van der Waals surface area contributed by atoms with Crippen molar-refractivity contribution in [3.63, 3.8) is 0 Å². The second-order valence-corrected chi connectivity index (χ2v) is 6.18. The van der Waals surface area contributed by atoms with Gasteiger partial charge >= 0.3 is 0 Å². The number of methoxy groups -OCH3 is 2. The molecule has 1 aromatic carbocycles. The monoisotopic (exact) mass is 275 g/mol. The molecule has 2 aliphatic rings. The first-order valence-corrected chi connectivity index (χ1v) is 7.78. The summed E-state index contributed by atoms with van der Waals surface area (Å²) in [6.07, 6.45) is 8.36. The van der Waals surface area contributed by atoms with E-state index in [1.54, 1.807) is 14.2 Å². The largest absolute Gasteiger partial charge is 0.493 e. The quantitative estimate of drug-likeness (QED) is 0.878. The highest BCUT2D eigenvalue weighted by atomic mass is 16.5. The molecule has 3 nitrogen and oxygen atoms in total. The zero-order chi connectivity index (χ0) is 13.9. The lowest BCUT2D eigenvalue weighted by molar-refractivity contribution is 0.303. The Kier molecular flexibility index (Phi) is 4.04. The number of benzene rings is 1. The summed E-state index contributed by atoms with van der Waals surface area (Å²) in [6, 6.07) is 6.72. The van der Waals surface area contributed by atoms with Crippen LogP contribution in [0.25, 0.3) is 0 Å². The van der Waals surface area contributed by atoms with E-state index in [1.165, 1.54) is 38.5 Å². The van der Waals surface area contributed by atoms with Gasteiger partial charge in [0, 0.05) is 17.8 Å². The number of anilines is 1. The topological polar surface area (TPSA) is 30.5 Å². The molecular weight excluding hydrogens is 250 g/mol. The molecular formula is C17H25NO2. The zero-order valence-corrected chi connectivity index (χ0v) is 12.5. The van der Waals surface area contributed by atoms with Gasteiger partial charge in [0.2, 0.25) is 0 Å². The third kappa shape index (κ3) is 3.02. The lowest BCUT2D eigenvalue weighted by Crippen LogP contribution is -2.28. The summed E-state index contributed by atoms with van der Waals surface area (Å²) in [5.74, 6) is 3.58. The Bertz CT molecular complexity index is 456. The van der Waals surface area contributed by atoms with Gasteiger partial charge in [0.25, 0.3) is 0 Å². The summed E-state index contributed by atoms with van der Waals surface area (Å²) in [5, 5.41) is 3.68. The van der Waals surface area contributed by atoms with E-state index < -0.39 is 0 Å². The van der Waals surface area contributed by atoms with Crippen molar-refractivity contribution in [3.8, 4) is 11.5 Å². The smallest absolute Gasteiger partial charge is 0.162 e. The SMILES string of the molecule is COc1ccc(NC2CCCC(C3CC3)C2)cc1OC. The Hall–Kier alpha value is -1.38. The lowest BCUT2D eigenvalue weighted by Gasteiger charge is -2.30. The minimum absolute atomic E-state index is 0.618. The molecule has 0 heterocycles. The van der Waals surface area contributed by atoms with Crippen LogP contribution in [-0.2, 0) is 0 Å². The molecule has 0 bridgehead atoms. The maximum absolute atomic E-state index is 5.37. The van der Waals surface area contributed by atoms with E-state index in [0.29, 0.717) is 6.04 Å². The van der Waals surface area contributed by atoms with Gasteiger partial charge < -0.3 is 14.8 Å². The predicted octanol–water partition coefficient (Wildman–Crippen LogP) is 4.08. The van der Waals surface area contributed by atoms with Gasteiger partial charge in [0.15, 0.2) is 11.5 Å². The Morgan fingerprint density at radius 2 is 1.75 bits per heavy atom. The first-order chi connectivity index (χ1) is 9.80. The van der Waals surface area contributed by atoms with Crippen LogP contribution in [-0.4, -0.2) is 20.3 Å². The van der Waals surface area contributed by atoms with Crippen LogP contribution < -0.4 is 14.8 Å². The van der Waals surface area contributed by atoms with Gasteiger partial charge in [-0.05, 0) is 49.7 Å². The summed E-state index contributed by atoms with van der Waals surface area (Å²) >= 11 is 0. The van der Waals surface area contributed by atoms with Crippen molar-refractivity contribution in [2.45, 2.75) is 44.6 Å². The predicted molar refractivity (Wildman–Crippen MR) is 81.6 cm³/mol. The molecule has 1 N–H and O–H groups in total. The fourth-order valence-electron chi connectivity index (χ4n) is 3.52. The molecule has 0 amide bonds. The van der Waals surface area contributed by atoms with Gasteiger partial charge in [-0.3, -0.25) is 0 Å². The first kappa shape index (κ1) is 13.6. The van der Waals surface area contributed by atoms with Gasteiger partial charge in [-0.2, -0.15) is 0 Å². The van der Waals surface area contributed by atoms with Crippen molar-refractivity contribution in [2.24, 2.45) is 11.8 Å². The van der Waals surface area contributed by atoms with E-state index in [4.69, 9.17) is 9.47 Å². The third-order valence-corrected chi connectivity index (χ3v) is 4.76. The van der Waals surface area contributed by atoms with Crippen LogP contribution in [0.2, 0.25) is 0 Å². The summed E-state index contributed by atoms with van der Waals surface area (Å²) in [7, 11) is 3.36. The second kappa shape index (κ2) is 5.94. The normalized spacial score (nSPS) is 26.1. The molecule has 0 aliphatic heterocycles. The first-order valence-electron chi connectivity index (χ1n) is 7.78. The van der Waals surface area contributed by atoms with Gasteiger partial charge in [0.05, 0.1) is 14.2 Å². The maximum Gasteiger partial charge on any atom is 0.162 e. The molecule has 0 spiro atoms. The van der Waals surface area contributed by atoms with E-state index in [0.717, 1.165) is 29.0 Å². The summed E-state index contributed by atoms with van der Waals surface area (Å²) in [4.78, 5) is 0. The molecule has 2 fully saturated rings. The molecule has 3 rings (SSSR count). The van der Waals surface area contributed by atoms with Crippen LogP contribution in [0.1, 0.15) is 38.5 Å². The molecule has 2 atom stereocenters. The molecule has 0 radical (unpaired) electrons. The molecule has 2 unspecified atom stereocenters. The number of hydrogen-bond acceptors (Lipinski definition) is 3. The average Bonchev–Trinajstić information content (AvgIpc) is 3.32. The third-order valence-electron chi connectivity index (χ3n) is 4.76. The number of rotatable bonds is 5. The van der Waals surface area contributed by atoms with Gasteiger partial charge in [-0.15, -0.1) is 0 Å². The van der Waals surface area contributed by atoms with Gasteiger partial charge in [-0.1, -0.05) is 12.8 Å². The van der Waals surface area contributed by atoms with Crippen molar-refractivity contribution in [1.29, 1.82) is 0 Å². The standard InChI is InChI=1S/C17H25NO2/c1-19-16-9-8-15(11-17(16)20-2)18-14-5-3-4-13(10-14)12-6-7-12/h8-9,11-14,18H,3-7,10H2,1-2H3. The van der Waals surface area contributed by atoms with E-state index in [-0.39, 0.29) is 0 Å². The van der Waals surface area contributed by atoms with Crippen LogP contribution in [0.5, 0.6) is 11.5 Å². The molecule has 1 aromatic rings. The Morgan fingerprint density at radius 1 is 0.950 bits per heavy atom. The zero-order valence-electron chi connectivity index (χ0n) is 12.5. The minimum atomic E-state index is 0.618. The highest BCUT2D eigenvalue weighted by Gasteiger charge is 2.34. The highest BCUT2D eigenvalue weighted by molar-refractivity contribution is 5.55. The molecule has 3 heteroatoms. The van der Waals surface area contributed by atoms with Gasteiger partial charge in [-0.25, -0.2) is 0 Å². The number of hydrogen-bond donors (Lipinski definition) is 1. The van der Waals surface area contributed by atoms with Crippen LogP contribution in [0.4, 0.5) is 5.69 Å². The van der Waals surface area contributed by atoms with Crippen LogP contribution in [0.3, 0.4) is 0 Å². The number of nitrogens with one attached hydrogen (secondary N) is 1. The maximum atomic E-state index is 5.37. The summed E-state index contributed by atoms with van der Waals surface area (Å²) < 4.78 is 10.7. The lowest BCUT2D eigenvalue weighted by atomic mass is 9.82. The minimum Gasteiger partial charge on any atom is -0.493 e. The van der Waals surface area contributed by atoms with E-state index in [9.17, 15) is 0 Å². The molecule has 2 aliphatic carbocycles. The summed E-state index contributed by atoms with van der Waals surface area (Å²) in [5.41, 5.74) is 1.14. The van der Waals surface area contributed by atoms with Crippen LogP contribution in [0, 0.1) is 11.8 Å². The van der Waals surface area contributed by atoms with Crippen molar-refractivity contribution >= 4 is 5.69 Å². The Labute approximate surface area is 121 Å². The van der Waals surface area contributed by atoms with E-state index in [2.05, 4.69) is 11.4 Å². The van der Waals surface area contributed by atoms with Crippen LogP contribution >= 0.6 is 0 Å². The number of ether oxygens (including phenoxy) is 2. The molecule has 2 saturated carbocycles. The van der Waals surface area contributed by atoms with Gasteiger partial charge in [0.1, 0.15) is 0 Å². The van der Waals surface area contributed by atoms with Crippen molar-refractivity contribution in [2.75, 3.05) is 19.5 Å².